The molecule has 4 heteroatoms. The van der Waals surface area contributed by atoms with Gasteiger partial charge in [0.2, 0.25) is 0 Å². The predicted octanol–water partition coefficient (Wildman–Crippen LogP) is 5.15. The molecule has 0 spiro atoms. The summed E-state index contributed by atoms with van der Waals surface area (Å²) in [6.45, 7) is 12.8. The number of hydrogen-bond donors (Lipinski definition) is 2. The Labute approximate surface area is 156 Å². The Hall–Kier alpha value is -0.470. The fraction of sp³-hybridized carbons (Fsp3) is 0.714. The van der Waals surface area contributed by atoms with Crippen LogP contribution in [0.2, 0.25) is 0 Å². The molecule has 3 nitrogen and oxygen atoms in total. The molecular formula is C21H37O3P. The molecule has 1 aliphatic rings. The van der Waals surface area contributed by atoms with Crippen molar-refractivity contribution >= 4 is 8.81 Å². The van der Waals surface area contributed by atoms with E-state index < -0.39 is 11.7 Å². The highest BCUT2D eigenvalue weighted by atomic mass is 31.1. The molecule has 0 saturated carbocycles. The van der Waals surface area contributed by atoms with Crippen molar-refractivity contribution in [2.75, 3.05) is 13.3 Å². The molecule has 144 valence electrons. The minimum absolute atomic E-state index is 0.188. The van der Waals surface area contributed by atoms with Gasteiger partial charge in [-0.3, -0.25) is 0 Å². The summed E-state index contributed by atoms with van der Waals surface area (Å²) in [7, 11) is 0.326. The van der Waals surface area contributed by atoms with Crippen LogP contribution in [0, 0.1) is 5.41 Å². The summed E-state index contributed by atoms with van der Waals surface area (Å²) in [4.78, 5) is 0. The number of aliphatic hydroxyl groups excluding tert-OH is 1. The zero-order chi connectivity index (χ0) is 19.1. The van der Waals surface area contributed by atoms with Crippen molar-refractivity contribution in [3.63, 3.8) is 0 Å². The number of allylic oxidation sites excluding steroid dienone is 6. The van der Waals surface area contributed by atoms with Crippen LogP contribution < -0.4 is 0 Å². The third-order valence-corrected chi connectivity index (χ3v) is 5.73. The van der Waals surface area contributed by atoms with E-state index in [1.54, 1.807) is 6.92 Å². The lowest BCUT2D eigenvalue weighted by atomic mass is 9.72. The summed E-state index contributed by atoms with van der Waals surface area (Å²) in [5, 5.41) is 20.4. The molecule has 0 aromatic rings. The monoisotopic (exact) mass is 368 g/mol. The van der Waals surface area contributed by atoms with Gasteiger partial charge >= 0.3 is 0 Å². The summed E-state index contributed by atoms with van der Waals surface area (Å²) in [5.41, 5.74) is 3.30. The van der Waals surface area contributed by atoms with Crippen LogP contribution in [0.1, 0.15) is 66.7 Å². The molecule has 25 heavy (non-hydrogen) atoms. The standard InChI is InChI=1S/C21H37O3P/c1-16(9-7-14-21(5,23)19(22)15-24-25-6)11-12-18-17(2)10-8-13-20(18,3)4/h9,11-12,19,22-23,25H,7-8,10,13-15H2,1-6H3/b12-11+,16-9+. The van der Waals surface area contributed by atoms with Crippen LogP contribution in [0.3, 0.4) is 0 Å². The van der Waals surface area contributed by atoms with Gasteiger partial charge in [-0.05, 0) is 70.5 Å². The summed E-state index contributed by atoms with van der Waals surface area (Å²) < 4.78 is 5.23. The average Bonchev–Trinajstić information content (AvgIpc) is 2.51. The van der Waals surface area contributed by atoms with Crippen molar-refractivity contribution in [1.82, 2.24) is 0 Å². The van der Waals surface area contributed by atoms with Crippen LogP contribution in [0.25, 0.3) is 0 Å². The molecule has 0 radical (unpaired) electrons. The topological polar surface area (TPSA) is 49.7 Å². The van der Waals surface area contributed by atoms with Gasteiger partial charge < -0.3 is 14.7 Å². The lowest BCUT2D eigenvalue weighted by molar-refractivity contribution is -0.0808. The van der Waals surface area contributed by atoms with Gasteiger partial charge in [0.25, 0.3) is 0 Å². The first-order valence-corrected chi connectivity index (χ1v) is 10.7. The van der Waals surface area contributed by atoms with Crippen molar-refractivity contribution in [2.24, 2.45) is 5.41 Å². The van der Waals surface area contributed by atoms with Crippen LogP contribution in [0.15, 0.2) is 34.9 Å². The first-order chi connectivity index (χ1) is 11.6. The zero-order valence-electron chi connectivity index (χ0n) is 16.9. The normalized spacial score (nSPS) is 22.8. The smallest absolute Gasteiger partial charge is 0.106 e. The van der Waals surface area contributed by atoms with E-state index in [0.717, 1.165) is 6.42 Å². The molecule has 0 heterocycles. The van der Waals surface area contributed by atoms with E-state index in [1.165, 1.54) is 36.0 Å². The highest BCUT2D eigenvalue weighted by Gasteiger charge is 2.29. The first kappa shape index (κ1) is 22.6. The van der Waals surface area contributed by atoms with Gasteiger partial charge in [-0.1, -0.05) is 43.2 Å². The molecule has 2 N–H and O–H groups in total. The SMILES string of the molecule is CPOCC(O)C(C)(O)CC/C=C(C)/C=C/C1=C(C)CCCC1(C)C. The number of hydrogen-bond acceptors (Lipinski definition) is 3. The molecular weight excluding hydrogens is 331 g/mol. The van der Waals surface area contributed by atoms with Gasteiger partial charge in [0.05, 0.1) is 12.2 Å². The predicted molar refractivity (Wildman–Crippen MR) is 109 cm³/mol. The molecule has 0 aromatic carbocycles. The second kappa shape index (κ2) is 10.0. The third kappa shape index (κ3) is 7.35. The Morgan fingerprint density at radius 2 is 2.12 bits per heavy atom. The molecule has 3 atom stereocenters. The summed E-state index contributed by atoms with van der Waals surface area (Å²) in [6, 6.07) is 0. The Bertz CT molecular complexity index is 515. The third-order valence-electron chi connectivity index (χ3n) is 5.28. The van der Waals surface area contributed by atoms with Crippen LogP contribution in [0.5, 0.6) is 0 Å². The van der Waals surface area contributed by atoms with Gasteiger partial charge in [-0.25, -0.2) is 0 Å². The van der Waals surface area contributed by atoms with E-state index in [9.17, 15) is 10.2 Å². The molecule has 0 fully saturated rings. The molecule has 0 aromatic heterocycles. The van der Waals surface area contributed by atoms with Gasteiger partial charge in [-0.2, -0.15) is 0 Å². The minimum atomic E-state index is -1.12. The largest absolute Gasteiger partial charge is 0.388 e. The second-order valence-corrected chi connectivity index (χ2v) is 8.84. The van der Waals surface area contributed by atoms with Gasteiger partial charge in [0.1, 0.15) is 6.10 Å². The van der Waals surface area contributed by atoms with Gasteiger partial charge in [-0.15, -0.1) is 0 Å². The second-order valence-electron chi connectivity index (χ2n) is 8.14. The quantitative estimate of drug-likeness (QED) is 0.437. The van der Waals surface area contributed by atoms with E-state index in [2.05, 4.69) is 45.9 Å². The van der Waals surface area contributed by atoms with E-state index in [0.29, 0.717) is 15.2 Å². The summed E-state index contributed by atoms with van der Waals surface area (Å²) in [5.74, 6) is 0. The molecule has 0 bridgehead atoms. The maximum absolute atomic E-state index is 10.4. The van der Waals surface area contributed by atoms with E-state index in [-0.39, 0.29) is 12.0 Å². The highest BCUT2D eigenvalue weighted by Crippen LogP contribution is 2.40. The molecule has 0 amide bonds. The van der Waals surface area contributed by atoms with Gasteiger partial charge in [0.15, 0.2) is 0 Å². The number of rotatable bonds is 9. The molecule has 1 aliphatic carbocycles. The Morgan fingerprint density at radius 3 is 2.72 bits per heavy atom. The molecule has 1 rings (SSSR count). The lowest BCUT2D eigenvalue weighted by Crippen LogP contribution is -2.41. The average molecular weight is 368 g/mol. The van der Waals surface area contributed by atoms with E-state index >= 15 is 0 Å². The van der Waals surface area contributed by atoms with Crippen molar-refractivity contribution in [1.29, 1.82) is 0 Å². The maximum atomic E-state index is 10.4. The van der Waals surface area contributed by atoms with Crippen LogP contribution in [-0.2, 0) is 4.52 Å². The van der Waals surface area contributed by atoms with Crippen molar-refractivity contribution in [2.45, 2.75) is 78.4 Å². The van der Waals surface area contributed by atoms with Crippen molar-refractivity contribution in [3.8, 4) is 0 Å². The van der Waals surface area contributed by atoms with Crippen molar-refractivity contribution < 1.29 is 14.7 Å². The summed E-state index contributed by atoms with van der Waals surface area (Å²) in [6.07, 6.45) is 10.7. The Morgan fingerprint density at radius 1 is 1.44 bits per heavy atom. The van der Waals surface area contributed by atoms with Crippen molar-refractivity contribution in [3.05, 3.63) is 34.9 Å². The number of aliphatic hydroxyl groups is 2. The fourth-order valence-corrected chi connectivity index (χ4v) is 3.72. The highest BCUT2D eigenvalue weighted by molar-refractivity contribution is 7.31. The Balaban J connectivity index is 2.61. The van der Waals surface area contributed by atoms with Crippen LogP contribution in [-0.4, -0.2) is 35.2 Å². The molecule has 3 unspecified atom stereocenters. The van der Waals surface area contributed by atoms with Crippen LogP contribution >= 0.6 is 8.81 Å². The van der Waals surface area contributed by atoms with E-state index in [1.807, 2.05) is 6.66 Å². The molecule has 0 saturated heterocycles. The minimum Gasteiger partial charge on any atom is -0.388 e. The van der Waals surface area contributed by atoms with E-state index in [4.69, 9.17) is 4.52 Å². The van der Waals surface area contributed by atoms with Crippen LogP contribution in [0.4, 0.5) is 0 Å². The molecule has 0 aliphatic heterocycles. The first-order valence-electron chi connectivity index (χ1n) is 9.34. The summed E-state index contributed by atoms with van der Waals surface area (Å²) >= 11 is 0. The zero-order valence-corrected chi connectivity index (χ0v) is 17.9. The van der Waals surface area contributed by atoms with Gasteiger partial charge in [0, 0.05) is 8.81 Å². The maximum Gasteiger partial charge on any atom is 0.106 e. The lowest BCUT2D eigenvalue weighted by Gasteiger charge is -2.33. The fourth-order valence-electron chi connectivity index (χ4n) is 3.39. The Kier molecular flexibility index (Phi) is 9.04.